The largest absolute Gasteiger partial charge is 0.397 e. The smallest absolute Gasteiger partial charge is 0.140 e. The number of nitrogens with one attached hydrogen (secondary N) is 1. The molecular formula is C13H12Br2FN3. The first-order valence-corrected chi connectivity index (χ1v) is 7.16. The topological polar surface area (TPSA) is 50.9 Å². The van der Waals surface area contributed by atoms with Crippen LogP contribution in [0.4, 0.5) is 15.9 Å². The fourth-order valence-corrected chi connectivity index (χ4v) is 2.45. The molecule has 3 N–H and O–H groups in total. The van der Waals surface area contributed by atoms with E-state index in [1.54, 1.807) is 18.3 Å². The monoisotopic (exact) mass is 387 g/mol. The molecule has 1 aromatic carbocycles. The fourth-order valence-electron chi connectivity index (χ4n) is 1.57. The van der Waals surface area contributed by atoms with Gasteiger partial charge in [-0.1, -0.05) is 15.9 Å². The van der Waals surface area contributed by atoms with Gasteiger partial charge in [0.2, 0.25) is 0 Å². The number of nitrogens with zero attached hydrogens (tertiary/aromatic N) is 1. The second kappa shape index (κ2) is 5.88. The maximum atomic E-state index is 13.6. The summed E-state index contributed by atoms with van der Waals surface area (Å²) in [5.74, 6) is 0.394. The van der Waals surface area contributed by atoms with Crippen LogP contribution >= 0.6 is 31.9 Å². The van der Waals surface area contributed by atoms with E-state index in [0.29, 0.717) is 23.6 Å². The van der Waals surface area contributed by atoms with Crippen LogP contribution < -0.4 is 11.1 Å². The summed E-state index contributed by atoms with van der Waals surface area (Å²) in [5, 5.41) is 3.09. The van der Waals surface area contributed by atoms with E-state index in [9.17, 15) is 4.39 Å². The number of nitrogens with two attached hydrogens (primary N) is 1. The normalized spacial score (nSPS) is 10.5. The number of hydrogen-bond donors (Lipinski definition) is 2. The van der Waals surface area contributed by atoms with E-state index in [4.69, 9.17) is 5.73 Å². The first-order valence-electron chi connectivity index (χ1n) is 5.57. The van der Waals surface area contributed by atoms with Gasteiger partial charge in [0, 0.05) is 16.6 Å². The average molecular weight is 389 g/mol. The summed E-state index contributed by atoms with van der Waals surface area (Å²) in [4.78, 5) is 4.19. The van der Waals surface area contributed by atoms with Crippen molar-refractivity contribution in [2.75, 3.05) is 11.1 Å². The molecule has 2 aromatic rings. The average Bonchev–Trinajstić information content (AvgIpc) is 2.39. The van der Waals surface area contributed by atoms with E-state index in [-0.39, 0.29) is 5.82 Å². The molecule has 0 aliphatic carbocycles. The summed E-state index contributed by atoms with van der Waals surface area (Å²) in [6.07, 6.45) is 1.58. The molecule has 0 unspecified atom stereocenters. The lowest BCUT2D eigenvalue weighted by Gasteiger charge is -2.11. The zero-order chi connectivity index (χ0) is 14.0. The summed E-state index contributed by atoms with van der Waals surface area (Å²) >= 11 is 6.75. The molecule has 0 aliphatic rings. The summed E-state index contributed by atoms with van der Waals surface area (Å²) < 4.78 is 15.2. The number of benzene rings is 1. The van der Waals surface area contributed by atoms with E-state index in [1.807, 2.05) is 6.92 Å². The number of halogens is 3. The maximum Gasteiger partial charge on any atom is 0.140 e. The summed E-state index contributed by atoms with van der Waals surface area (Å²) in [5.41, 5.74) is 7.85. The Morgan fingerprint density at radius 2 is 2.11 bits per heavy atom. The van der Waals surface area contributed by atoms with Crippen LogP contribution in [0.25, 0.3) is 0 Å². The van der Waals surface area contributed by atoms with Crippen molar-refractivity contribution in [3.63, 3.8) is 0 Å². The Morgan fingerprint density at radius 1 is 1.37 bits per heavy atom. The van der Waals surface area contributed by atoms with Crippen molar-refractivity contribution in [2.24, 2.45) is 0 Å². The zero-order valence-corrected chi connectivity index (χ0v) is 13.3. The molecule has 0 fully saturated rings. The van der Waals surface area contributed by atoms with Gasteiger partial charge in [0.05, 0.1) is 16.4 Å². The predicted molar refractivity (Wildman–Crippen MR) is 82.5 cm³/mol. The Bertz CT molecular complexity index is 617. The van der Waals surface area contributed by atoms with Crippen LogP contribution in [-0.4, -0.2) is 4.98 Å². The SMILES string of the molecule is Cc1c(N)cnc(NCc2cc(Br)ccc2F)c1Br. The molecule has 0 aliphatic heterocycles. The Kier molecular flexibility index (Phi) is 4.42. The molecule has 6 heteroatoms. The van der Waals surface area contributed by atoms with Crippen molar-refractivity contribution in [2.45, 2.75) is 13.5 Å². The zero-order valence-electron chi connectivity index (χ0n) is 10.2. The van der Waals surface area contributed by atoms with E-state index >= 15 is 0 Å². The van der Waals surface area contributed by atoms with Gasteiger partial charge in [-0.2, -0.15) is 0 Å². The second-order valence-corrected chi connectivity index (χ2v) is 5.80. The van der Waals surface area contributed by atoms with Crippen LogP contribution in [-0.2, 0) is 6.54 Å². The molecule has 0 amide bonds. The highest BCUT2D eigenvalue weighted by molar-refractivity contribution is 9.11. The Morgan fingerprint density at radius 3 is 2.84 bits per heavy atom. The third-order valence-electron chi connectivity index (χ3n) is 2.76. The number of nitrogen functional groups attached to an aromatic ring is 1. The fraction of sp³-hybridized carbons (Fsp3) is 0.154. The molecule has 100 valence electrons. The van der Waals surface area contributed by atoms with Crippen LogP contribution in [0.1, 0.15) is 11.1 Å². The van der Waals surface area contributed by atoms with Gasteiger partial charge in [-0.05, 0) is 46.6 Å². The minimum absolute atomic E-state index is 0.251. The van der Waals surface area contributed by atoms with E-state index < -0.39 is 0 Å². The van der Waals surface area contributed by atoms with E-state index in [1.165, 1.54) is 6.07 Å². The first-order chi connectivity index (χ1) is 8.99. The van der Waals surface area contributed by atoms with E-state index in [0.717, 1.165) is 14.5 Å². The highest BCUT2D eigenvalue weighted by Gasteiger charge is 2.08. The Balaban J connectivity index is 2.19. The third-order valence-corrected chi connectivity index (χ3v) is 4.22. The number of pyridine rings is 1. The van der Waals surface area contributed by atoms with Gasteiger partial charge in [-0.25, -0.2) is 9.37 Å². The molecule has 0 spiro atoms. The van der Waals surface area contributed by atoms with Gasteiger partial charge in [-0.15, -0.1) is 0 Å². The van der Waals surface area contributed by atoms with Crippen molar-refractivity contribution in [1.82, 2.24) is 4.98 Å². The molecule has 0 saturated heterocycles. The molecular weight excluding hydrogens is 377 g/mol. The molecule has 19 heavy (non-hydrogen) atoms. The van der Waals surface area contributed by atoms with Crippen LogP contribution in [0.15, 0.2) is 33.3 Å². The summed E-state index contributed by atoms with van der Waals surface area (Å²) in [6, 6.07) is 4.83. The van der Waals surface area contributed by atoms with Crippen LogP contribution in [0.3, 0.4) is 0 Å². The lowest BCUT2D eigenvalue weighted by atomic mass is 10.2. The second-order valence-electron chi connectivity index (χ2n) is 4.09. The maximum absolute atomic E-state index is 13.6. The molecule has 0 radical (unpaired) electrons. The predicted octanol–water partition coefficient (Wildman–Crippen LogP) is 4.25. The van der Waals surface area contributed by atoms with Gasteiger partial charge in [-0.3, -0.25) is 0 Å². The minimum atomic E-state index is -0.251. The van der Waals surface area contributed by atoms with Crippen LogP contribution in [0.2, 0.25) is 0 Å². The number of aromatic nitrogens is 1. The van der Waals surface area contributed by atoms with Gasteiger partial charge in [0.15, 0.2) is 0 Å². The van der Waals surface area contributed by atoms with Crippen molar-refractivity contribution in [3.05, 3.63) is 50.3 Å². The van der Waals surface area contributed by atoms with Crippen molar-refractivity contribution < 1.29 is 4.39 Å². The highest BCUT2D eigenvalue weighted by Crippen LogP contribution is 2.28. The van der Waals surface area contributed by atoms with Gasteiger partial charge < -0.3 is 11.1 Å². The summed E-state index contributed by atoms with van der Waals surface area (Å²) in [6.45, 7) is 2.24. The quantitative estimate of drug-likeness (QED) is 0.826. The standard InChI is InChI=1S/C13H12Br2FN3/c1-7-11(17)6-19-13(12(7)15)18-5-8-4-9(14)2-3-10(8)16/h2-4,6H,5,17H2,1H3,(H,18,19). The lowest BCUT2D eigenvalue weighted by Crippen LogP contribution is -2.05. The molecule has 3 nitrogen and oxygen atoms in total. The first kappa shape index (κ1) is 14.3. The van der Waals surface area contributed by atoms with Gasteiger partial charge >= 0.3 is 0 Å². The molecule has 0 atom stereocenters. The number of anilines is 2. The molecule has 2 rings (SSSR count). The summed E-state index contributed by atoms with van der Waals surface area (Å²) in [7, 11) is 0. The number of rotatable bonds is 3. The molecule has 0 bridgehead atoms. The number of hydrogen-bond acceptors (Lipinski definition) is 3. The van der Waals surface area contributed by atoms with Crippen LogP contribution in [0.5, 0.6) is 0 Å². The molecule has 1 heterocycles. The Hall–Kier alpha value is -1.14. The molecule has 0 saturated carbocycles. The van der Waals surface area contributed by atoms with E-state index in [2.05, 4.69) is 42.2 Å². The lowest BCUT2D eigenvalue weighted by molar-refractivity contribution is 0.612. The van der Waals surface area contributed by atoms with Crippen LogP contribution in [0, 0.1) is 12.7 Å². The van der Waals surface area contributed by atoms with Gasteiger partial charge in [0.1, 0.15) is 11.6 Å². The van der Waals surface area contributed by atoms with Crippen molar-refractivity contribution in [3.8, 4) is 0 Å². The minimum Gasteiger partial charge on any atom is -0.397 e. The van der Waals surface area contributed by atoms with Crippen molar-refractivity contribution >= 4 is 43.4 Å². The third kappa shape index (κ3) is 3.25. The van der Waals surface area contributed by atoms with Crippen molar-refractivity contribution in [1.29, 1.82) is 0 Å². The molecule has 1 aromatic heterocycles. The van der Waals surface area contributed by atoms with Gasteiger partial charge in [0.25, 0.3) is 0 Å². The Labute approximate surface area is 127 Å². The highest BCUT2D eigenvalue weighted by atomic mass is 79.9.